The van der Waals surface area contributed by atoms with Gasteiger partial charge in [-0.3, -0.25) is 0 Å². The van der Waals surface area contributed by atoms with Crippen molar-refractivity contribution in [2.75, 3.05) is 14.2 Å². The molecule has 1 heterocycles. The summed E-state index contributed by atoms with van der Waals surface area (Å²) in [7, 11) is 3.22. The Hall–Kier alpha value is -2.47. The molecule has 0 N–H and O–H groups in total. The van der Waals surface area contributed by atoms with Crippen molar-refractivity contribution in [1.29, 1.82) is 0 Å². The largest absolute Gasteiger partial charge is 0.497 e. The Morgan fingerprint density at radius 3 is 2.11 bits per heavy atom. The van der Waals surface area contributed by atoms with Gasteiger partial charge in [-0.05, 0) is 28.7 Å². The van der Waals surface area contributed by atoms with Gasteiger partial charge in [0.25, 0.3) is 5.22 Å². The van der Waals surface area contributed by atoms with Crippen LogP contribution in [0, 0.1) is 0 Å². The smallest absolute Gasteiger partial charge is 0.277 e. The van der Waals surface area contributed by atoms with Crippen LogP contribution in [0.3, 0.4) is 0 Å². The molecule has 6 heteroatoms. The molecule has 0 atom stereocenters. The van der Waals surface area contributed by atoms with Crippen LogP contribution in [-0.4, -0.2) is 24.4 Å². The molecular weight excluding hydrogens is 360 g/mol. The first-order valence-electron chi connectivity index (χ1n) is 8.68. The molecule has 142 valence electrons. The number of rotatable bonds is 6. The lowest BCUT2D eigenvalue weighted by atomic mass is 9.87. The fourth-order valence-electron chi connectivity index (χ4n) is 2.56. The second-order valence-electron chi connectivity index (χ2n) is 7.21. The lowest BCUT2D eigenvalue weighted by molar-refractivity contribution is 0.394. The van der Waals surface area contributed by atoms with Crippen LogP contribution in [0.15, 0.2) is 52.1 Å². The summed E-state index contributed by atoms with van der Waals surface area (Å²) in [6, 6.07) is 14.1. The zero-order valence-electron chi connectivity index (χ0n) is 16.3. The highest BCUT2D eigenvalue weighted by atomic mass is 32.2. The quantitative estimate of drug-likeness (QED) is 0.535. The van der Waals surface area contributed by atoms with E-state index in [0.29, 0.717) is 22.6 Å². The van der Waals surface area contributed by atoms with Gasteiger partial charge in [0.05, 0.1) is 14.2 Å². The van der Waals surface area contributed by atoms with Crippen LogP contribution in [0.4, 0.5) is 0 Å². The minimum atomic E-state index is 0.158. The lowest BCUT2D eigenvalue weighted by Gasteiger charge is -2.19. The molecular formula is C21H24N2O3S. The van der Waals surface area contributed by atoms with Gasteiger partial charge in [0, 0.05) is 17.4 Å². The van der Waals surface area contributed by atoms with E-state index in [4.69, 9.17) is 13.9 Å². The fraction of sp³-hybridized carbons (Fsp3) is 0.333. The molecule has 0 unspecified atom stereocenters. The van der Waals surface area contributed by atoms with Crippen LogP contribution < -0.4 is 9.47 Å². The monoisotopic (exact) mass is 384 g/mol. The molecule has 0 bridgehead atoms. The summed E-state index contributed by atoms with van der Waals surface area (Å²) in [5, 5.41) is 8.82. The summed E-state index contributed by atoms with van der Waals surface area (Å²) in [6.07, 6.45) is 0. The molecule has 1 aromatic heterocycles. The number of thioether (sulfide) groups is 1. The zero-order chi connectivity index (χ0) is 19.4. The van der Waals surface area contributed by atoms with Gasteiger partial charge in [0.15, 0.2) is 0 Å². The van der Waals surface area contributed by atoms with E-state index in [1.54, 1.807) is 20.3 Å². The minimum absolute atomic E-state index is 0.158. The van der Waals surface area contributed by atoms with Crippen molar-refractivity contribution >= 4 is 11.8 Å². The van der Waals surface area contributed by atoms with E-state index < -0.39 is 0 Å². The van der Waals surface area contributed by atoms with Gasteiger partial charge in [0.2, 0.25) is 5.89 Å². The van der Waals surface area contributed by atoms with Crippen molar-refractivity contribution in [1.82, 2.24) is 10.2 Å². The highest BCUT2D eigenvalue weighted by molar-refractivity contribution is 7.98. The third-order valence-corrected chi connectivity index (χ3v) is 5.08. The van der Waals surface area contributed by atoms with Gasteiger partial charge in [-0.1, -0.05) is 56.8 Å². The van der Waals surface area contributed by atoms with Crippen LogP contribution in [-0.2, 0) is 11.2 Å². The normalized spacial score (nSPS) is 11.4. The second kappa shape index (κ2) is 8.05. The van der Waals surface area contributed by atoms with Crippen molar-refractivity contribution in [3.63, 3.8) is 0 Å². The third-order valence-electron chi connectivity index (χ3n) is 4.19. The van der Waals surface area contributed by atoms with Crippen molar-refractivity contribution in [2.24, 2.45) is 0 Å². The van der Waals surface area contributed by atoms with Crippen molar-refractivity contribution in [3.05, 3.63) is 53.6 Å². The SMILES string of the molecule is COc1cc(OC)cc(-c2nnc(SCc3ccc(C(C)(C)C)cc3)o2)c1. The average molecular weight is 385 g/mol. The van der Waals surface area contributed by atoms with E-state index in [1.165, 1.54) is 22.9 Å². The first-order chi connectivity index (χ1) is 12.9. The molecule has 0 saturated carbocycles. The summed E-state index contributed by atoms with van der Waals surface area (Å²) < 4.78 is 16.4. The predicted molar refractivity (Wildman–Crippen MR) is 108 cm³/mol. The Labute approximate surface area is 164 Å². The molecule has 0 saturated heterocycles. The molecule has 0 fully saturated rings. The van der Waals surface area contributed by atoms with Crippen molar-refractivity contribution in [3.8, 4) is 23.0 Å². The molecule has 0 spiro atoms. The summed E-state index contributed by atoms with van der Waals surface area (Å²) in [5.74, 6) is 2.57. The van der Waals surface area contributed by atoms with Crippen LogP contribution >= 0.6 is 11.8 Å². The Kier molecular flexibility index (Phi) is 5.75. The number of hydrogen-bond acceptors (Lipinski definition) is 6. The first kappa shape index (κ1) is 19.3. The summed E-state index contributed by atoms with van der Waals surface area (Å²) in [4.78, 5) is 0. The first-order valence-corrected chi connectivity index (χ1v) is 9.67. The summed E-state index contributed by atoms with van der Waals surface area (Å²) in [6.45, 7) is 6.64. The maximum absolute atomic E-state index is 5.80. The number of ether oxygens (including phenoxy) is 2. The molecule has 3 rings (SSSR count). The van der Waals surface area contributed by atoms with Crippen molar-refractivity contribution in [2.45, 2.75) is 37.2 Å². The topological polar surface area (TPSA) is 57.4 Å². The van der Waals surface area contributed by atoms with Gasteiger partial charge < -0.3 is 13.9 Å². The molecule has 0 aliphatic heterocycles. The van der Waals surface area contributed by atoms with E-state index >= 15 is 0 Å². The van der Waals surface area contributed by atoms with Crippen LogP contribution in [0.1, 0.15) is 31.9 Å². The lowest BCUT2D eigenvalue weighted by Crippen LogP contribution is -2.10. The van der Waals surface area contributed by atoms with Gasteiger partial charge in [-0.15, -0.1) is 10.2 Å². The third kappa shape index (κ3) is 4.83. The average Bonchev–Trinajstić information content (AvgIpc) is 3.14. The van der Waals surface area contributed by atoms with E-state index in [2.05, 4.69) is 55.2 Å². The maximum Gasteiger partial charge on any atom is 0.277 e. The van der Waals surface area contributed by atoms with Crippen LogP contribution in [0.5, 0.6) is 11.5 Å². The zero-order valence-corrected chi connectivity index (χ0v) is 17.1. The number of hydrogen-bond donors (Lipinski definition) is 0. The second-order valence-corrected chi connectivity index (χ2v) is 8.14. The highest BCUT2D eigenvalue weighted by Crippen LogP contribution is 2.31. The highest BCUT2D eigenvalue weighted by Gasteiger charge is 2.14. The predicted octanol–water partition coefficient (Wildman–Crippen LogP) is 5.34. The fourth-order valence-corrected chi connectivity index (χ4v) is 3.28. The number of aromatic nitrogens is 2. The molecule has 0 aliphatic rings. The van der Waals surface area contributed by atoms with Crippen LogP contribution in [0.2, 0.25) is 0 Å². The van der Waals surface area contributed by atoms with E-state index in [9.17, 15) is 0 Å². The number of nitrogens with zero attached hydrogens (tertiary/aromatic N) is 2. The molecule has 0 aliphatic carbocycles. The maximum atomic E-state index is 5.80. The molecule has 2 aromatic carbocycles. The Bertz CT molecular complexity index is 876. The van der Waals surface area contributed by atoms with Gasteiger partial charge >= 0.3 is 0 Å². The van der Waals surface area contributed by atoms with E-state index in [-0.39, 0.29) is 5.41 Å². The number of benzene rings is 2. The summed E-state index contributed by atoms with van der Waals surface area (Å²) >= 11 is 1.52. The molecule has 27 heavy (non-hydrogen) atoms. The molecule has 0 amide bonds. The molecule has 5 nitrogen and oxygen atoms in total. The minimum Gasteiger partial charge on any atom is -0.497 e. The Morgan fingerprint density at radius 1 is 0.926 bits per heavy atom. The van der Waals surface area contributed by atoms with Gasteiger partial charge in [0.1, 0.15) is 11.5 Å². The van der Waals surface area contributed by atoms with E-state index in [1.807, 2.05) is 12.1 Å². The molecule has 0 radical (unpaired) electrons. The van der Waals surface area contributed by atoms with Crippen molar-refractivity contribution < 1.29 is 13.9 Å². The number of methoxy groups -OCH3 is 2. The Balaban J connectivity index is 1.70. The van der Waals surface area contributed by atoms with E-state index in [0.717, 1.165) is 11.3 Å². The van der Waals surface area contributed by atoms with Gasteiger partial charge in [-0.25, -0.2) is 0 Å². The van der Waals surface area contributed by atoms with Gasteiger partial charge in [-0.2, -0.15) is 0 Å². The Morgan fingerprint density at radius 2 is 1.56 bits per heavy atom. The standard InChI is InChI=1S/C21H24N2O3S/c1-21(2,3)16-8-6-14(7-9-16)13-27-20-23-22-19(26-20)15-10-17(24-4)12-18(11-15)25-5/h6-12H,13H2,1-5H3. The summed E-state index contributed by atoms with van der Waals surface area (Å²) in [5.41, 5.74) is 3.46. The van der Waals surface area contributed by atoms with Crippen LogP contribution in [0.25, 0.3) is 11.5 Å². The molecule has 3 aromatic rings.